The Morgan fingerprint density at radius 1 is 1.31 bits per heavy atom. The lowest BCUT2D eigenvalue weighted by atomic mass is 9.98. The molecule has 26 heavy (non-hydrogen) atoms. The first-order valence-electron chi connectivity index (χ1n) is 8.69. The van der Waals surface area contributed by atoms with Crippen LogP contribution in [0.2, 0.25) is 0 Å². The summed E-state index contributed by atoms with van der Waals surface area (Å²) in [7, 11) is 0. The lowest BCUT2D eigenvalue weighted by Crippen LogP contribution is -2.57. The van der Waals surface area contributed by atoms with Crippen LogP contribution in [-0.4, -0.2) is 76.6 Å². The van der Waals surface area contributed by atoms with Crippen LogP contribution in [0.4, 0.5) is 0 Å². The van der Waals surface area contributed by atoms with Gasteiger partial charge >= 0.3 is 5.97 Å². The molecule has 0 aromatic carbocycles. The van der Waals surface area contributed by atoms with E-state index in [9.17, 15) is 24.3 Å². The second-order valence-corrected chi connectivity index (χ2v) is 6.46. The largest absolute Gasteiger partial charge is 0.480 e. The van der Waals surface area contributed by atoms with Gasteiger partial charge in [-0.3, -0.25) is 19.2 Å². The van der Waals surface area contributed by atoms with Gasteiger partial charge in [0.05, 0.1) is 12.6 Å². The third-order valence-electron chi connectivity index (χ3n) is 4.61. The normalized spacial score (nSPS) is 20.2. The fourth-order valence-corrected chi connectivity index (χ4v) is 2.74. The summed E-state index contributed by atoms with van der Waals surface area (Å²) in [4.78, 5) is 48.8. The number of amides is 3. The van der Waals surface area contributed by atoms with Crippen molar-refractivity contribution in [3.05, 3.63) is 0 Å². The third-order valence-corrected chi connectivity index (χ3v) is 4.61. The van der Waals surface area contributed by atoms with E-state index in [-0.39, 0.29) is 11.8 Å². The molecule has 10 nitrogen and oxygen atoms in total. The van der Waals surface area contributed by atoms with Gasteiger partial charge in [-0.1, -0.05) is 20.3 Å². The maximum Gasteiger partial charge on any atom is 0.322 e. The number of aliphatic hydroxyl groups excluding tert-OH is 1. The molecule has 1 heterocycles. The summed E-state index contributed by atoms with van der Waals surface area (Å²) in [6.07, 6.45) is 1.79. The first kappa shape index (κ1) is 21.8. The highest BCUT2D eigenvalue weighted by atomic mass is 16.4. The number of nitrogens with one attached hydrogen (secondary N) is 2. The van der Waals surface area contributed by atoms with Gasteiger partial charge in [-0.05, 0) is 18.8 Å². The molecule has 4 unspecified atom stereocenters. The van der Waals surface area contributed by atoms with Gasteiger partial charge in [-0.15, -0.1) is 0 Å². The van der Waals surface area contributed by atoms with Crippen molar-refractivity contribution in [2.24, 2.45) is 11.7 Å². The van der Waals surface area contributed by atoms with E-state index in [4.69, 9.17) is 10.8 Å². The minimum absolute atomic E-state index is 0.0289. The highest BCUT2D eigenvalue weighted by molar-refractivity contribution is 5.94. The molecule has 1 aliphatic heterocycles. The van der Waals surface area contributed by atoms with Crippen molar-refractivity contribution in [2.75, 3.05) is 19.7 Å². The summed E-state index contributed by atoms with van der Waals surface area (Å²) in [5.74, 6) is -2.97. The molecule has 0 aromatic rings. The smallest absolute Gasteiger partial charge is 0.322 e. The van der Waals surface area contributed by atoms with Crippen molar-refractivity contribution < 1.29 is 29.4 Å². The van der Waals surface area contributed by atoms with E-state index in [1.807, 2.05) is 13.8 Å². The van der Waals surface area contributed by atoms with E-state index in [1.54, 1.807) is 0 Å². The van der Waals surface area contributed by atoms with E-state index in [0.717, 1.165) is 6.42 Å². The van der Waals surface area contributed by atoms with Crippen LogP contribution >= 0.6 is 0 Å². The van der Waals surface area contributed by atoms with Crippen LogP contribution < -0.4 is 16.4 Å². The van der Waals surface area contributed by atoms with Gasteiger partial charge in [0.1, 0.15) is 18.6 Å². The highest BCUT2D eigenvalue weighted by Gasteiger charge is 2.38. The van der Waals surface area contributed by atoms with Crippen molar-refractivity contribution in [2.45, 2.75) is 51.2 Å². The summed E-state index contributed by atoms with van der Waals surface area (Å²) in [5, 5.41) is 22.3. The SMILES string of the molecule is CCC(C)C(N)C(=O)N1CCCC1C(=O)NC(CO)C(=O)NCC(=O)O. The van der Waals surface area contributed by atoms with Crippen LogP contribution in [0.1, 0.15) is 33.1 Å². The van der Waals surface area contributed by atoms with Crippen LogP contribution in [0.25, 0.3) is 0 Å². The Hall–Kier alpha value is -2.20. The number of carboxylic acids is 1. The summed E-state index contributed by atoms with van der Waals surface area (Å²) >= 11 is 0. The fraction of sp³-hybridized carbons (Fsp3) is 0.750. The number of carbonyl (C=O) groups is 4. The Bertz CT molecular complexity index is 541. The standard InChI is InChI=1S/C16H28N4O6/c1-3-9(2)13(17)16(26)20-6-4-5-11(20)15(25)19-10(8-21)14(24)18-7-12(22)23/h9-11,13,21H,3-8,17H2,1-2H3,(H,18,24)(H,19,25)(H,22,23). The van der Waals surface area contributed by atoms with Gasteiger partial charge in [0.2, 0.25) is 17.7 Å². The number of hydrogen-bond donors (Lipinski definition) is 5. The van der Waals surface area contributed by atoms with Crippen molar-refractivity contribution >= 4 is 23.7 Å². The van der Waals surface area contributed by atoms with E-state index >= 15 is 0 Å². The molecule has 0 saturated carbocycles. The molecule has 1 saturated heterocycles. The Labute approximate surface area is 152 Å². The molecule has 148 valence electrons. The quantitative estimate of drug-likeness (QED) is 0.313. The molecule has 0 spiro atoms. The number of carbonyl (C=O) groups excluding carboxylic acids is 3. The van der Waals surface area contributed by atoms with E-state index in [0.29, 0.717) is 19.4 Å². The lowest BCUT2D eigenvalue weighted by Gasteiger charge is -2.29. The maximum atomic E-state index is 12.6. The molecule has 0 bridgehead atoms. The molecule has 0 aromatic heterocycles. The van der Waals surface area contributed by atoms with Gasteiger partial charge in [0.25, 0.3) is 0 Å². The Morgan fingerprint density at radius 2 is 1.96 bits per heavy atom. The van der Waals surface area contributed by atoms with Crippen molar-refractivity contribution in [1.29, 1.82) is 0 Å². The molecular formula is C16H28N4O6. The number of nitrogens with two attached hydrogens (primary N) is 1. The Kier molecular flexibility index (Phi) is 8.46. The minimum atomic E-state index is -1.29. The number of likely N-dealkylation sites (tertiary alicyclic amines) is 1. The molecule has 3 amide bonds. The summed E-state index contributed by atoms with van der Waals surface area (Å²) in [5.41, 5.74) is 5.97. The predicted octanol–water partition coefficient (Wildman–Crippen LogP) is -1.97. The van der Waals surface area contributed by atoms with Crippen LogP contribution in [0.15, 0.2) is 0 Å². The number of aliphatic hydroxyl groups is 1. The van der Waals surface area contributed by atoms with Gasteiger partial charge in [0.15, 0.2) is 0 Å². The predicted molar refractivity (Wildman–Crippen MR) is 91.8 cm³/mol. The molecule has 1 aliphatic rings. The summed E-state index contributed by atoms with van der Waals surface area (Å²) in [6, 6.07) is -2.76. The monoisotopic (exact) mass is 372 g/mol. The first-order chi connectivity index (χ1) is 12.2. The van der Waals surface area contributed by atoms with Gasteiger partial charge in [0, 0.05) is 6.54 Å². The van der Waals surface area contributed by atoms with Gasteiger partial charge in [-0.2, -0.15) is 0 Å². The molecular weight excluding hydrogens is 344 g/mol. The number of hydrogen-bond acceptors (Lipinski definition) is 6. The van der Waals surface area contributed by atoms with Crippen LogP contribution in [0, 0.1) is 5.92 Å². The average Bonchev–Trinajstić information content (AvgIpc) is 3.11. The Morgan fingerprint density at radius 3 is 2.50 bits per heavy atom. The lowest BCUT2D eigenvalue weighted by molar-refractivity contribution is -0.142. The van der Waals surface area contributed by atoms with Crippen molar-refractivity contribution in [1.82, 2.24) is 15.5 Å². The van der Waals surface area contributed by atoms with Gasteiger partial charge < -0.3 is 31.5 Å². The zero-order chi connectivity index (χ0) is 19.9. The van der Waals surface area contributed by atoms with Crippen LogP contribution in [0.3, 0.4) is 0 Å². The maximum absolute atomic E-state index is 12.6. The van der Waals surface area contributed by atoms with Crippen LogP contribution in [-0.2, 0) is 19.2 Å². The second kappa shape index (κ2) is 10.1. The first-order valence-corrected chi connectivity index (χ1v) is 8.69. The zero-order valence-corrected chi connectivity index (χ0v) is 15.1. The Balaban J connectivity index is 2.73. The van der Waals surface area contributed by atoms with Crippen molar-refractivity contribution in [3.63, 3.8) is 0 Å². The average molecular weight is 372 g/mol. The van der Waals surface area contributed by atoms with Crippen molar-refractivity contribution in [3.8, 4) is 0 Å². The molecule has 1 fully saturated rings. The van der Waals surface area contributed by atoms with E-state index in [2.05, 4.69) is 10.6 Å². The van der Waals surface area contributed by atoms with Crippen LogP contribution in [0.5, 0.6) is 0 Å². The molecule has 6 N–H and O–H groups in total. The number of aliphatic carboxylic acids is 1. The van der Waals surface area contributed by atoms with E-state index < -0.39 is 49.1 Å². The minimum Gasteiger partial charge on any atom is -0.480 e. The van der Waals surface area contributed by atoms with Gasteiger partial charge in [-0.25, -0.2) is 0 Å². The molecule has 0 radical (unpaired) electrons. The highest BCUT2D eigenvalue weighted by Crippen LogP contribution is 2.20. The second-order valence-electron chi connectivity index (χ2n) is 6.46. The molecule has 0 aliphatic carbocycles. The summed E-state index contributed by atoms with van der Waals surface area (Å²) in [6.45, 7) is 2.87. The molecule has 1 rings (SSSR count). The zero-order valence-electron chi connectivity index (χ0n) is 15.1. The third kappa shape index (κ3) is 5.67. The van der Waals surface area contributed by atoms with E-state index in [1.165, 1.54) is 4.90 Å². The fourth-order valence-electron chi connectivity index (χ4n) is 2.74. The number of carboxylic acid groups (broad SMARTS) is 1. The summed E-state index contributed by atoms with van der Waals surface area (Å²) < 4.78 is 0. The molecule has 4 atom stereocenters. The topological polar surface area (TPSA) is 162 Å². The number of nitrogens with zero attached hydrogens (tertiary/aromatic N) is 1. The number of rotatable bonds is 9. The molecule has 10 heteroatoms.